The summed E-state index contributed by atoms with van der Waals surface area (Å²) in [6.07, 6.45) is 0. The van der Waals surface area contributed by atoms with Crippen molar-refractivity contribution in [3.63, 3.8) is 0 Å². The molecule has 1 atom stereocenters. The van der Waals surface area contributed by atoms with Gasteiger partial charge in [0, 0.05) is 5.92 Å². The minimum Gasteiger partial charge on any atom is -0.236 e. The molecule has 102 valence electrons. The van der Waals surface area contributed by atoms with Crippen molar-refractivity contribution in [1.82, 2.24) is 0 Å². The molecule has 0 aliphatic heterocycles. The van der Waals surface area contributed by atoms with Gasteiger partial charge in [0.2, 0.25) is 0 Å². The highest BCUT2D eigenvalue weighted by atomic mass is 17.2. The van der Waals surface area contributed by atoms with E-state index in [-0.39, 0.29) is 5.60 Å². The molecule has 0 saturated heterocycles. The fourth-order valence-electron chi connectivity index (χ4n) is 1.63. The van der Waals surface area contributed by atoms with Gasteiger partial charge in [-0.3, -0.25) is 0 Å². The second-order valence-electron chi connectivity index (χ2n) is 6.21. The van der Waals surface area contributed by atoms with Gasteiger partial charge in [0.05, 0.1) is 12.2 Å². The van der Waals surface area contributed by atoms with Crippen molar-refractivity contribution < 1.29 is 9.78 Å². The van der Waals surface area contributed by atoms with Crippen LogP contribution in [0.5, 0.6) is 0 Å². The molecule has 0 aromatic heterocycles. The Morgan fingerprint density at radius 1 is 1.06 bits per heavy atom. The summed E-state index contributed by atoms with van der Waals surface area (Å²) < 4.78 is 0. The number of rotatable bonds is 5. The van der Waals surface area contributed by atoms with E-state index in [9.17, 15) is 0 Å². The molecule has 0 heterocycles. The molecule has 0 spiro atoms. The Hall–Kier alpha value is -0.860. The van der Waals surface area contributed by atoms with Gasteiger partial charge in [0.25, 0.3) is 0 Å². The van der Waals surface area contributed by atoms with Crippen LogP contribution in [0.15, 0.2) is 24.3 Å². The number of benzene rings is 1. The molecule has 0 amide bonds. The van der Waals surface area contributed by atoms with Gasteiger partial charge >= 0.3 is 0 Å². The third kappa shape index (κ3) is 5.19. The smallest absolute Gasteiger partial charge is 0.0952 e. The van der Waals surface area contributed by atoms with Crippen LogP contribution in [-0.2, 0) is 9.78 Å². The molecule has 0 aliphatic rings. The molecule has 1 aromatic rings. The lowest BCUT2D eigenvalue weighted by Gasteiger charge is -2.20. The molecule has 1 unspecified atom stereocenters. The number of hydrogen-bond donors (Lipinski definition) is 0. The van der Waals surface area contributed by atoms with E-state index in [0.717, 1.165) is 0 Å². The lowest BCUT2D eigenvalue weighted by atomic mass is 9.95. The lowest BCUT2D eigenvalue weighted by Crippen LogP contribution is -2.20. The van der Waals surface area contributed by atoms with Crippen molar-refractivity contribution in [3.05, 3.63) is 35.4 Å². The van der Waals surface area contributed by atoms with E-state index in [1.165, 1.54) is 11.1 Å². The predicted molar refractivity (Wildman–Crippen MR) is 75.7 cm³/mol. The molecular weight excluding hydrogens is 224 g/mol. The highest BCUT2D eigenvalue weighted by Crippen LogP contribution is 2.22. The highest BCUT2D eigenvalue weighted by Gasteiger charge is 2.13. The molecular formula is C16H26O2. The Bertz CT molecular complexity index is 364. The molecule has 0 radical (unpaired) electrons. The zero-order valence-corrected chi connectivity index (χ0v) is 12.5. The van der Waals surface area contributed by atoms with Crippen LogP contribution in [0.25, 0.3) is 0 Å². The van der Waals surface area contributed by atoms with Crippen molar-refractivity contribution in [2.24, 2.45) is 0 Å². The first-order chi connectivity index (χ1) is 8.29. The maximum Gasteiger partial charge on any atom is 0.0952 e. The summed E-state index contributed by atoms with van der Waals surface area (Å²) in [6.45, 7) is 13.1. The largest absolute Gasteiger partial charge is 0.236 e. The highest BCUT2D eigenvalue weighted by molar-refractivity contribution is 5.28. The van der Waals surface area contributed by atoms with Crippen LogP contribution in [0, 0.1) is 0 Å². The summed E-state index contributed by atoms with van der Waals surface area (Å²) in [5, 5.41) is 0. The van der Waals surface area contributed by atoms with Gasteiger partial charge in [-0.15, -0.1) is 0 Å². The average molecular weight is 250 g/mol. The Morgan fingerprint density at radius 2 is 1.67 bits per heavy atom. The van der Waals surface area contributed by atoms with Crippen LogP contribution >= 0.6 is 0 Å². The Balaban J connectivity index is 2.56. The van der Waals surface area contributed by atoms with E-state index in [1.54, 1.807) is 0 Å². The van der Waals surface area contributed by atoms with E-state index in [1.807, 2.05) is 20.8 Å². The van der Waals surface area contributed by atoms with E-state index < -0.39 is 0 Å². The van der Waals surface area contributed by atoms with Gasteiger partial charge in [0.1, 0.15) is 0 Å². The maximum atomic E-state index is 5.31. The second kappa shape index (κ2) is 6.35. The van der Waals surface area contributed by atoms with Gasteiger partial charge in [-0.05, 0) is 37.8 Å². The normalized spacial score (nSPS) is 13.9. The number of hydrogen-bond acceptors (Lipinski definition) is 2. The molecule has 0 N–H and O–H groups in total. The summed E-state index contributed by atoms with van der Waals surface area (Å²) >= 11 is 0. The summed E-state index contributed by atoms with van der Waals surface area (Å²) in [6, 6.07) is 8.70. The molecule has 18 heavy (non-hydrogen) atoms. The van der Waals surface area contributed by atoms with Crippen molar-refractivity contribution in [3.8, 4) is 0 Å². The topological polar surface area (TPSA) is 18.5 Å². The minimum absolute atomic E-state index is 0.250. The SMILES string of the molecule is CC(C)c1cccc(C(C)COOC(C)(C)C)c1. The minimum atomic E-state index is -0.250. The van der Waals surface area contributed by atoms with Crippen LogP contribution in [0.1, 0.15) is 64.5 Å². The first-order valence-corrected chi connectivity index (χ1v) is 6.70. The van der Waals surface area contributed by atoms with Crippen molar-refractivity contribution in [1.29, 1.82) is 0 Å². The average Bonchev–Trinajstić information content (AvgIpc) is 2.27. The van der Waals surface area contributed by atoms with Gasteiger partial charge in [-0.25, -0.2) is 9.78 Å². The summed E-state index contributed by atoms with van der Waals surface area (Å²) in [7, 11) is 0. The summed E-state index contributed by atoms with van der Waals surface area (Å²) in [5.41, 5.74) is 2.43. The third-order valence-corrected chi connectivity index (χ3v) is 2.77. The van der Waals surface area contributed by atoms with Crippen LogP contribution in [0.3, 0.4) is 0 Å². The van der Waals surface area contributed by atoms with E-state index in [2.05, 4.69) is 45.0 Å². The van der Waals surface area contributed by atoms with Crippen LogP contribution in [0.4, 0.5) is 0 Å². The Morgan fingerprint density at radius 3 is 2.22 bits per heavy atom. The lowest BCUT2D eigenvalue weighted by molar-refractivity contribution is -0.350. The van der Waals surface area contributed by atoms with Gasteiger partial charge in [0.15, 0.2) is 0 Å². The molecule has 2 heteroatoms. The quantitative estimate of drug-likeness (QED) is 0.559. The third-order valence-electron chi connectivity index (χ3n) is 2.77. The van der Waals surface area contributed by atoms with E-state index in [4.69, 9.17) is 9.78 Å². The zero-order valence-electron chi connectivity index (χ0n) is 12.5. The van der Waals surface area contributed by atoms with E-state index in [0.29, 0.717) is 18.4 Å². The second-order valence-corrected chi connectivity index (χ2v) is 6.21. The predicted octanol–water partition coefficient (Wildman–Crippen LogP) is 4.66. The fourth-order valence-corrected chi connectivity index (χ4v) is 1.63. The van der Waals surface area contributed by atoms with Crippen LogP contribution < -0.4 is 0 Å². The first kappa shape index (κ1) is 15.2. The first-order valence-electron chi connectivity index (χ1n) is 6.70. The summed E-state index contributed by atoms with van der Waals surface area (Å²) in [5.74, 6) is 0.898. The van der Waals surface area contributed by atoms with Crippen molar-refractivity contribution in [2.45, 2.75) is 59.0 Å². The van der Waals surface area contributed by atoms with Gasteiger partial charge in [-0.2, -0.15) is 0 Å². The van der Waals surface area contributed by atoms with Gasteiger partial charge < -0.3 is 0 Å². The molecule has 1 rings (SSSR count). The molecule has 2 nitrogen and oxygen atoms in total. The van der Waals surface area contributed by atoms with E-state index >= 15 is 0 Å². The Kier molecular flexibility index (Phi) is 5.36. The molecule has 0 saturated carbocycles. The zero-order chi connectivity index (χ0) is 13.8. The maximum absolute atomic E-state index is 5.31. The standard InChI is InChI=1S/C16H26O2/c1-12(2)14-8-7-9-15(10-14)13(3)11-17-18-16(4,5)6/h7-10,12-13H,11H2,1-6H3. The van der Waals surface area contributed by atoms with Crippen molar-refractivity contribution in [2.75, 3.05) is 6.61 Å². The van der Waals surface area contributed by atoms with Gasteiger partial charge in [-0.1, -0.05) is 45.0 Å². The molecule has 1 aromatic carbocycles. The van der Waals surface area contributed by atoms with Crippen LogP contribution in [0.2, 0.25) is 0 Å². The Labute approximate surface area is 111 Å². The molecule has 0 bridgehead atoms. The summed E-state index contributed by atoms with van der Waals surface area (Å²) in [4.78, 5) is 10.6. The van der Waals surface area contributed by atoms with Crippen molar-refractivity contribution >= 4 is 0 Å². The molecule has 0 aliphatic carbocycles. The molecule has 0 fully saturated rings. The van der Waals surface area contributed by atoms with Crippen LogP contribution in [-0.4, -0.2) is 12.2 Å². The monoisotopic (exact) mass is 250 g/mol. The fraction of sp³-hybridized carbons (Fsp3) is 0.625.